The number of carboxylic acids is 1. The third-order valence-electron chi connectivity index (χ3n) is 6.89. The molecule has 0 bridgehead atoms. The van der Waals surface area contributed by atoms with Crippen LogP contribution in [-0.4, -0.2) is 48.8 Å². The highest BCUT2D eigenvalue weighted by Gasteiger charge is 2.41. The van der Waals surface area contributed by atoms with Crippen LogP contribution in [0.4, 0.5) is 0 Å². The second-order valence-corrected chi connectivity index (χ2v) is 8.67. The van der Waals surface area contributed by atoms with Crippen LogP contribution in [0.1, 0.15) is 55.7 Å². The molecule has 0 aliphatic carbocycles. The number of rotatable bonds is 4. The van der Waals surface area contributed by atoms with E-state index in [-0.39, 0.29) is 0 Å². The van der Waals surface area contributed by atoms with Crippen molar-refractivity contribution in [1.29, 1.82) is 0 Å². The summed E-state index contributed by atoms with van der Waals surface area (Å²) in [5.41, 5.74) is 3.12. The van der Waals surface area contributed by atoms with E-state index in [0.29, 0.717) is 24.9 Å². The number of hydrogen-bond acceptors (Lipinski definition) is 4. The van der Waals surface area contributed by atoms with Crippen molar-refractivity contribution in [3.05, 3.63) is 65.2 Å². The van der Waals surface area contributed by atoms with Crippen molar-refractivity contribution in [2.45, 2.75) is 51.2 Å². The van der Waals surface area contributed by atoms with Crippen LogP contribution in [0.25, 0.3) is 0 Å². The Kier molecular flexibility index (Phi) is 7.74. The Morgan fingerprint density at radius 2 is 1.68 bits per heavy atom. The number of ether oxygens (including phenoxy) is 2. The molecule has 2 aliphatic rings. The van der Waals surface area contributed by atoms with Gasteiger partial charge in [0.25, 0.3) is 0 Å². The van der Waals surface area contributed by atoms with E-state index >= 15 is 0 Å². The first-order chi connectivity index (χ1) is 15.0. The molecule has 1 N–H and O–H groups in total. The minimum atomic E-state index is -0.770. The maximum absolute atomic E-state index is 11.8. The zero-order chi connectivity index (χ0) is 22.4. The van der Waals surface area contributed by atoms with Gasteiger partial charge in [-0.1, -0.05) is 49.4 Å². The molecule has 2 aliphatic heterocycles. The first-order valence-corrected chi connectivity index (χ1v) is 11.1. The molecule has 5 nitrogen and oxygen atoms in total. The monoisotopic (exact) mass is 425 g/mol. The van der Waals surface area contributed by atoms with Crippen molar-refractivity contribution in [3.8, 4) is 5.75 Å². The fourth-order valence-electron chi connectivity index (χ4n) is 4.91. The van der Waals surface area contributed by atoms with Gasteiger partial charge in [0.1, 0.15) is 17.9 Å². The standard InChI is InChI=1S/C24H29NO3.C2H6O/c1-3-24(2,23(26)27)25-14-12-17(13-15-25)22-19-9-5-4-8-18(19)16-28-21-11-7-6-10-20(21)22;1-3-2/h4-11,17,22H,3,12-16H2,1-2H3,(H,26,27);1-2H3. The van der Waals surface area contributed by atoms with Gasteiger partial charge >= 0.3 is 5.97 Å². The highest BCUT2D eigenvalue weighted by atomic mass is 16.5. The van der Waals surface area contributed by atoms with E-state index in [0.717, 1.165) is 31.7 Å². The first kappa shape index (κ1) is 23.3. The highest BCUT2D eigenvalue weighted by molar-refractivity contribution is 5.78. The Morgan fingerprint density at radius 3 is 2.29 bits per heavy atom. The van der Waals surface area contributed by atoms with Crippen molar-refractivity contribution in [1.82, 2.24) is 4.90 Å². The van der Waals surface area contributed by atoms with Gasteiger partial charge in [-0.05, 0) is 62.4 Å². The van der Waals surface area contributed by atoms with Gasteiger partial charge in [-0.15, -0.1) is 0 Å². The fraction of sp³-hybridized carbons (Fsp3) is 0.500. The predicted octanol–water partition coefficient (Wildman–Crippen LogP) is 4.94. The zero-order valence-corrected chi connectivity index (χ0v) is 19.1. The minimum Gasteiger partial charge on any atom is -0.489 e. The molecule has 2 atom stereocenters. The normalized spacial score (nSPS) is 20.7. The summed E-state index contributed by atoms with van der Waals surface area (Å²) in [4.78, 5) is 14.0. The number of carboxylic acid groups (broad SMARTS) is 1. The lowest BCUT2D eigenvalue weighted by Crippen LogP contribution is -2.55. The average Bonchev–Trinajstić information content (AvgIpc) is 2.96. The molecule has 0 amide bonds. The predicted molar refractivity (Wildman–Crippen MR) is 123 cm³/mol. The van der Waals surface area contributed by atoms with Crippen molar-refractivity contribution in [2.24, 2.45) is 5.92 Å². The number of fused-ring (bicyclic) bond motifs is 2. The number of benzene rings is 2. The molecule has 5 heteroatoms. The number of hydrogen-bond donors (Lipinski definition) is 1. The summed E-state index contributed by atoms with van der Waals surface area (Å²) >= 11 is 0. The van der Waals surface area contributed by atoms with E-state index in [9.17, 15) is 9.90 Å². The summed E-state index contributed by atoms with van der Waals surface area (Å²) in [7, 11) is 3.25. The Hall–Kier alpha value is -2.37. The molecule has 0 aromatic heterocycles. The Morgan fingerprint density at radius 1 is 1.10 bits per heavy atom. The third kappa shape index (κ3) is 4.78. The molecule has 2 aromatic carbocycles. The van der Waals surface area contributed by atoms with Gasteiger partial charge in [-0.25, -0.2) is 0 Å². The van der Waals surface area contributed by atoms with Gasteiger partial charge in [0.15, 0.2) is 0 Å². The van der Waals surface area contributed by atoms with Crippen LogP contribution < -0.4 is 4.74 Å². The average molecular weight is 426 g/mol. The number of aliphatic carboxylic acids is 1. The third-order valence-corrected chi connectivity index (χ3v) is 6.89. The van der Waals surface area contributed by atoms with Gasteiger partial charge < -0.3 is 14.6 Å². The van der Waals surface area contributed by atoms with Crippen LogP contribution >= 0.6 is 0 Å². The van der Waals surface area contributed by atoms with Crippen LogP contribution in [-0.2, 0) is 16.1 Å². The van der Waals surface area contributed by atoms with Crippen LogP contribution in [0, 0.1) is 5.92 Å². The molecule has 168 valence electrons. The zero-order valence-electron chi connectivity index (χ0n) is 19.1. The molecule has 0 saturated carbocycles. The Bertz CT molecular complexity index is 828. The number of carbonyl (C=O) groups is 1. The second kappa shape index (κ2) is 10.3. The Balaban J connectivity index is 0.000000858. The molecule has 2 unspecified atom stereocenters. The molecule has 1 saturated heterocycles. The molecular formula is C26H35NO4. The first-order valence-electron chi connectivity index (χ1n) is 11.1. The van der Waals surface area contributed by atoms with Crippen LogP contribution in [0.3, 0.4) is 0 Å². The summed E-state index contributed by atoms with van der Waals surface area (Å²) in [5, 5.41) is 9.74. The smallest absolute Gasteiger partial charge is 0.323 e. The number of likely N-dealkylation sites (tertiary alicyclic amines) is 1. The topological polar surface area (TPSA) is 59.0 Å². The fourth-order valence-corrected chi connectivity index (χ4v) is 4.91. The summed E-state index contributed by atoms with van der Waals surface area (Å²) in [6.45, 7) is 6.08. The molecule has 0 radical (unpaired) electrons. The molecule has 2 heterocycles. The highest BCUT2D eigenvalue weighted by Crippen LogP contribution is 2.45. The number of para-hydroxylation sites is 1. The molecule has 2 aromatic rings. The van der Waals surface area contributed by atoms with Crippen LogP contribution in [0.5, 0.6) is 5.75 Å². The number of piperidine rings is 1. The van der Waals surface area contributed by atoms with Gasteiger partial charge in [-0.2, -0.15) is 0 Å². The minimum absolute atomic E-state index is 0.301. The summed E-state index contributed by atoms with van der Waals surface area (Å²) in [6, 6.07) is 17.0. The SMILES string of the molecule is CCC(C)(C(=O)O)N1CCC(C2c3ccccc3COc3ccccc32)CC1.COC. The lowest BCUT2D eigenvalue weighted by Gasteiger charge is -2.43. The van der Waals surface area contributed by atoms with E-state index in [2.05, 4.69) is 52.1 Å². The van der Waals surface area contributed by atoms with Gasteiger partial charge in [-0.3, -0.25) is 9.69 Å². The lowest BCUT2D eigenvalue weighted by atomic mass is 9.74. The van der Waals surface area contributed by atoms with Gasteiger partial charge in [0.2, 0.25) is 0 Å². The maximum Gasteiger partial charge on any atom is 0.323 e. The molecule has 0 spiro atoms. The van der Waals surface area contributed by atoms with E-state index in [4.69, 9.17) is 4.74 Å². The molecular weight excluding hydrogens is 390 g/mol. The summed E-state index contributed by atoms with van der Waals surface area (Å²) < 4.78 is 10.4. The van der Waals surface area contributed by atoms with Crippen LogP contribution in [0.2, 0.25) is 0 Å². The van der Waals surface area contributed by atoms with Gasteiger partial charge in [0.05, 0.1) is 0 Å². The van der Waals surface area contributed by atoms with Crippen molar-refractivity contribution in [2.75, 3.05) is 27.3 Å². The van der Waals surface area contributed by atoms with Gasteiger partial charge in [0, 0.05) is 25.7 Å². The summed E-state index contributed by atoms with van der Waals surface area (Å²) in [6.07, 6.45) is 2.61. The summed E-state index contributed by atoms with van der Waals surface area (Å²) in [5.74, 6) is 1.05. The lowest BCUT2D eigenvalue weighted by molar-refractivity contribution is -0.152. The van der Waals surface area contributed by atoms with E-state index < -0.39 is 11.5 Å². The molecule has 31 heavy (non-hydrogen) atoms. The van der Waals surface area contributed by atoms with E-state index in [1.807, 2.05) is 19.9 Å². The van der Waals surface area contributed by atoms with E-state index in [1.54, 1.807) is 14.2 Å². The quantitative estimate of drug-likeness (QED) is 0.752. The second-order valence-electron chi connectivity index (χ2n) is 8.67. The number of nitrogens with zero attached hydrogens (tertiary/aromatic N) is 1. The Labute approximate surface area is 186 Å². The largest absolute Gasteiger partial charge is 0.489 e. The molecule has 4 rings (SSSR count). The van der Waals surface area contributed by atoms with Crippen molar-refractivity contribution in [3.63, 3.8) is 0 Å². The maximum atomic E-state index is 11.8. The van der Waals surface area contributed by atoms with E-state index in [1.165, 1.54) is 16.7 Å². The van der Waals surface area contributed by atoms with Crippen LogP contribution in [0.15, 0.2) is 48.5 Å². The molecule has 1 fully saturated rings. The van der Waals surface area contributed by atoms with Crippen molar-refractivity contribution >= 4 is 5.97 Å². The number of methoxy groups -OCH3 is 1. The van der Waals surface area contributed by atoms with Crippen molar-refractivity contribution < 1.29 is 19.4 Å².